The van der Waals surface area contributed by atoms with Crippen molar-refractivity contribution in [1.82, 2.24) is 14.5 Å². The zero-order valence-electron chi connectivity index (χ0n) is 34.2. The van der Waals surface area contributed by atoms with Crippen molar-refractivity contribution in [1.29, 1.82) is 0 Å². The monoisotopic (exact) mass is 795 g/mol. The van der Waals surface area contributed by atoms with E-state index in [4.69, 9.17) is 14.4 Å². The predicted octanol–water partition coefficient (Wildman–Crippen LogP) is 14.8. The molecule has 4 nitrogen and oxygen atoms in total. The van der Waals surface area contributed by atoms with E-state index < -0.39 is 0 Å². The molecule has 8 aromatic carbocycles. The van der Waals surface area contributed by atoms with Gasteiger partial charge in [-0.3, -0.25) is 4.57 Å². The van der Waals surface area contributed by atoms with Gasteiger partial charge in [-0.2, -0.15) is 0 Å². The molecule has 0 radical (unpaired) electrons. The first-order valence-electron chi connectivity index (χ1n) is 22.6. The average molecular weight is 796 g/mol. The molecule has 3 heterocycles. The van der Waals surface area contributed by atoms with Crippen molar-refractivity contribution < 1.29 is 4.42 Å². The average Bonchev–Trinajstić information content (AvgIpc) is 3.96. The number of benzene rings is 8. The summed E-state index contributed by atoms with van der Waals surface area (Å²) in [6.07, 6.45) is 7.01. The standard InChI is InChI=1S/C58H41N3O/c1-2-10-41-35(9-1)18-23-52-55(41)47-30-36(37-17-21-43-42-11-3-6-14-48(42)58(49(43)32-37)39-26-33-25-34(28-39)29-40(58)27-33)19-22-51(47)61(52)57-59-50-15-7-4-13-45(50)56(60-57)38-20-24-54-46(31-38)44-12-5-8-16-53(44)62-54/h1-24,30-34,39-40H,25-29H2. The Bertz CT molecular complexity index is 3710. The number of nitrogens with zero attached hydrogens (tertiary/aromatic N) is 3. The molecule has 0 saturated heterocycles. The summed E-state index contributed by atoms with van der Waals surface area (Å²) < 4.78 is 8.53. The Morgan fingerprint density at radius 1 is 0.468 bits per heavy atom. The van der Waals surface area contributed by atoms with Gasteiger partial charge in [-0.15, -0.1) is 0 Å². The van der Waals surface area contributed by atoms with Crippen LogP contribution in [0.2, 0.25) is 0 Å². The second-order valence-electron chi connectivity index (χ2n) is 18.9. The van der Waals surface area contributed by atoms with Gasteiger partial charge in [0, 0.05) is 37.9 Å². The zero-order valence-corrected chi connectivity index (χ0v) is 34.2. The molecule has 5 aliphatic carbocycles. The highest BCUT2D eigenvalue weighted by atomic mass is 16.3. The molecule has 62 heavy (non-hydrogen) atoms. The fourth-order valence-corrected chi connectivity index (χ4v) is 13.8. The molecule has 0 unspecified atom stereocenters. The lowest BCUT2D eigenvalue weighted by atomic mass is 9.43. The number of furan rings is 1. The van der Waals surface area contributed by atoms with E-state index in [1.54, 1.807) is 11.1 Å². The SMILES string of the molecule is c1ccc2c(c1)-c1ccc(-c3ccc4c(c3)c3c5ccccc5ccc3n4-c3nc(-c4ccc5oc6ccccc6c5c4)c4ccccc4n3)cc1C21C2CC3CC(C2)CC1C3. The van der Waals surface area contributed by atoms with Gasteiger partial charge >= 0.3 is 0 Å². The highest BCUT2D eigenvalue weighted by Gasteiger charge is 2.61. The smallest absolute Gasteiger partial charge is 0.235 e. The van der Waals surface area contributed by atoms with E-state index in [9.17, 15) is 0 Å². The molecule has 0 aliphatic heterocycles. The third-order valence-corrected chi connectivity index (χ3v) is 16.0. The lowest BCUT2D eigenvalue weighted by Crippen LogP contribution is -2.55. The minimum absolute atomic E-state index is 0.131. The van der Waals surface area contributed by atoms with Crippen LogP contribution in [0.3, 0.4) is 0 Å². The molecular weight excluding hydrogens is 755 g/mol. The molecule has 4 saturated carbocycles. The minimum atomic E-state index is 0.131. The van der Waals surface area contributed by atoms with Gasteiger partial charge in [0.15, 0.2) is 0 Å². The maximum atomic E-state index is 6.24. The summed E-state index contributed by atoms with van der Waals surface area (Å²) in [7, 11) is 0. The van der Waals surface area contributed by atoms with E-state index in [0.717, 1.165) is 78.8 Å². The maximum Gasteiger partial charge on any atom is 0.235 e. The largest absolute Gasteiger partial charge is 0.456 e. The number of fused-ring (bicyclic) bond motifs is 12. The molecule has 16 rings (SSSR count). The van der Waals surface area contributed by atoms with Crippen LogP contribution in [0, 0.1) is 23.7 Å². The van der Waals surface area contributed by atoms with E-state index in [2.05, 4.69) is 156 Å². The molecule has 0 atom stereocenters. The molecule has 4 heteroatoms. The van der Waals surface area contributed by atoms with Crippen molar-refractivity contribution in [3.8, 4) is 39.5 Å². The topological polar surface area (TPSA) is 43.9 Å². The van der Waals surface area contributed by atoms with E-state index in [-0.39, 0.29) is 5.41 Å². The van der Waals surface area contributed by atoms with Crippen LogP contribution in [0.15, 0.2) is 168 Å². The highest BCUT2D eigenvalue weighted by Crippen LogP contribution is 2.69. The van der Waals surface area contributed by atoms with Crippen LogP contribution in [0.25, 0.3) is 105 Å². The summed E-state index contributed by atoms with van der Waals surface area (Å²) in [6.45, 7) is 0. The molecule has 294 valence electrons. The summed E-state index contributed by atoms with van der Waals surface area (Å²) >= 11 is 0. The summed E-state index contributed by atoms with van der Waals surface area (Å²) in [6, 6.07) is 60.5. The Morgan fingerprint density at radius 2 is 1.13 bits per heavy atom. The molecule has 1 spiro atoms. The molecular formula is C58H41N3O. The first-order valence-corrected chi connectivity index (χ1v) is 22.6. The Hall–Kier alpha value is -7.04. The zero-order chi connectivity index (χ0) is 40.3. The summed E-state index contributed by atoms with van der Waals surface area (Å²) in [5.74, 6) is 3.96. The van der Waals surface area contributed by atoms with Gasteiger partial charge in [-0.1, -0.05) is 109 Å². The number of hydrogen-bond donors (Lipinski definition) is 0. The first kappa shape index (κ1) is 33.7. The summed E-state index contributed by atoms with van der Waals surface area (Å²) in [4.78, 5) is 10.9. The fourth-order valence-electron chi connectivity index (χ4n) is 13.8. The summed E-state index contributed by atoms with van der Waals surface area (Å²) in [5.41, 5.74) is 15.6. The fraction of sp³-hybridized carbons (Fsp3) is 0.172. The van der Waals surface area contributed by atoms with Crippen molar-refractivity contribution in [3.63, 3.8) is 0 Å². The van der Waals surface area contributed by atoms with Gasteiger partial charge in [-0.05, 0) is 155 Å². The van der Waals surface area contributed by atoms with Crippen molar-refractivity contribution in [2.45, 2.75) is 37.5 Å². The summed E-state index contributed by atoms with van der Waals surface area (Å²) in [5, 5.41) is 8.12. The number of rotatable bonds is 3. The third-order valence-electron chi connectivity index (χ3n) is 16.0. The lowest BCUT2D eigenvalue weighted by Gasteiger charge is -2.61. The highest BCUT2D eigenvalue weighted by molar-refractivity contribution is 6.22. The molecule has 11 aromatic rings. The Balaban J connectivity index is 0.949. The molecule has 3 aromatic heterocycles. The second-order valence-corrected chi connectivity index (χ2v) is 18.9. The second kappa shape index (κ2) is 12.1. The first-order chi connectivity index (χ1) is 30.7. The third kappa shape index (κ3) is 4.37. The Kier molecular flexibility index (Phi) is 6.55. The molecule has 0 N–H and O–H groups in total. The van der Waals surface area contributed by atoms with Crippen molar-refractivity contribution >= 4 is 65.4 Å². The maximum absolute atomic E-state index is 6.24. The van der Waals surface area contributed by atoms with Crippen molar-refractivity contribution in [2.75, 3.05) is 0 Å². The van der Waals surface area contributed by atoms with E-state index in [0.29, 0.717) is 5.95 Å². The van der Waals surface area contributed by atoms with Gasteiger partial charge < -0.3 is 4.42 Å². The van der Waals surface area contributed by atoms with Crippen LogP contribution in [0.4, 0.5) is 0 Å². The normalized spacial score (nSPS) is 22.3. The van der Waals surface area contributed by atoms with E-state index in [1.165, 1.54) is 75.9 Å². The quantitative estimate of drug-likeness (QED) is 0.179. The van der Waals surface area contributed by atoms with Gasteiger partial charge in [0.05, 0.1) is 22.2 Å². The lowest BCUT2D eigenvalue weighted by molar-refractivity contribution is -0.0399. The van der Waals surface area contributed by atoms with Crippen LogP contribution in [0.1, 0.15) is 43.2 Å². The molecule has 4 bridgehead atoms. The van der Waals surface area contributed by atoms with E-state index in [1.807, 2.05) is 12.1 Å². The molecule has 4 fully saturated rings. The number of aromatic nitrogens is 3. The van der Waals surface area contributed by atoms with E-state index >= 15 is 0 Å². The Labute approximate surface area is 358 Å². The van der Waals surface area contributed by atoms with Crippen molar-refractivity contribution in [2.24, 2.45) is 23.7 Å². The predicted molar refractivity (Wildman–Crippen MR) is 253 cm³/mol. The van der Waals surface area contributed by atoms with Crippen LogP contribution in [-0.2, 0) is 5.41 Å². The van der Waals surface area contributed by atoms with Crippen LogP contribution < -0.4 is 0 Å². The number of para-hydroxylation sites is 2. The van der Waals surface area contributed by atoms with Crippen LogP contribution >= 0.6 is 0 Å². The molecule has 5 aliphatic rings. The Morgan fingerprint density at radius 3 is 2.02 bits per heavy atom. The van der Waals surface area contributed by atoms with Crippen LogP contribution in [0.5, 0.6) is 0 Å². The van der Waals surface area contributed by atoms with Gasteiger partial charge in [0.1, 0.15) is 11.2 Å². The van der Waals surface area contributed by atoms with Crippen LogP contribution in [-0.4, -0.2) is 14.5 Å². The van der Waals surface area contributed by atoms with Crippen molar-refractivity contribution in [3.05, 3.63) is 175 Å². The van der Waals surface area contributed by atoms with Gasteiger partial charge in [0.2, 0.25) is 5.95 Å². The van der Waals surface area contributed by atoms with Gasteiger partial charge in [-0.25, -0.2) is 9.97 Å². The number of hydrogen-bond acceptors (Lipinski definition) is 3. The molecule has 0 amide bonds. The minimum Gasteiger partial charge on any atom is -0.456 e. The van der Waals surface area contributed by atoms with Gasteiger partial charge in [0.25, 0.3) is 0 Å².